The summed E-state index contributed by atoms with van der Waals surface area (Å²) in [5.74, 6) is 0. The van der Waals surface area contributed by atoms with E-state index in [0.29, 0.717) is 0 Å². The molecule has 2 nitrogen and oxygen atoms in total. The van der Waals surface area contributed by atoms with Crippen LogP contribution < -0.4 is 5.73 Å². The van der Waals surface area contributed by atoms with Crippen LogP contribution in [0.25, 0.3) is 0 Å². The van der Waals surface area contributed by atoms with Crippen molar-refractivity contribution in [1.82, 2.24) is 0 Å². The van der Waals surface area contributed by atoms with Gasteiger partial charge in [0.05, 0.1) is 6.10 Å². The van der Waals surface area contributed by atoms with Crippen molar-refractivity contribution >= 4 is 0 Å². The highest BCUT2D eigenvalue weighted by Gasteiger charge is 2.20. The average Bonchev–Trinajstić information content (AvgIpc) is 2.15. The van der Waals surface area contributed by atoms with E-state index < -0.39 is 0 Å². The Labute approximate surface area is 86.1 Å². The Morgan fingerprint density at radius 3 is 2.36 bits per heavy atom. The molecule has 1 aromatic rings. The fourth-order valence-electron chi connectivity index (χ4n) is 1.57. The van der Waals surface area contributed by atoms with Crippen molar-refractivity contribution in [2.24, 2.45) is 5.73 Å². The van der Waals surface area contributed by atoms with Gasteiger partial charge >= 0.3 is 0 Å². The molecule has 0 saturated carbocycles. The normalized spacial score (nSPS) is 14.1. The summed E-state index contributed by atoms with van der Waals surface area (Å²) in [4.78, 5) is 0. The minimum Gasteiger partial charge on any atom is -0.377 e. The molecule has 0 aromatic heterocycles. The first kappa shape index (κ1) is 11.2. The van der Waals surface area contributed by atoms with Gasteiger partial charge in [-0.05, 0) is 31.9 Å². The summed E-state index contributed by atoms with van der Waals surface area (Å²) >= 11 is 0. The topological polar surface area (TPSA) is 35.2 Å². The van der Waals surface area contributed by atoms with E-state index in [1.165, 1.54) is 5.56 Å². The van der Waals surface area contributed by atoms with Crippen LogP contribution in [0.4, 0.5) is 0 Å². The zero-order chi connectivity index (χ0) is 10.8. The molecule has 0 heterocycles. The zero-order valence-electron chi connectivity index (χ0n) is 9.37. The van der Waals surface area contributed by atoms with Crippen molar-refractivity contribution in [1.29, 1.82) is 0 Å². The Morgan fingerprint density at radius 1 is 1.29 bits per heavy atom. The van der Waals surface area contributed by atoms with Crippen LogP contribution in [-0.2, 0) is 10.3 Å². The summed E-state index contributed by atoms with van der Waals surface area (Å²) < 4.78 is 5.32. The van der Waals surface area contributed by atoms with Crippen molar-refractivity contribution in [3.05, 3.63) is 35.4 Å². The van der Waals surface area contributed by atoms with Gasteiger partial charge in [0.2, 0.25) is 0 Å². The van der Waals surface area contributed by atoms with E-state index in [2.05, 4.69) is 12.1 Å². The highest BCUT2D eigenvalue weighted by atomic mass is 16.5. The lowest BCUT2D eigenvalue weighted by Crippen LogP contribution is -2.30. The summed E-state index contributed by atoms with van der Waals surface area (Å²) in [6.45, 7) is 6.05. The molecule has 0 aliphatic carbocycles. The molecule has 14 heavy (non-hydrogen) atoms. The van der Waals surface area contributed by atoms with Crippen LogP contribution in [0.2, 0.25) is 0 Å². The van der Waals surface area contributed by atoms with Crippen LogP contribution in [-0.4, -0.2) is 7.11 Å². The highest BCUT2D eigenvalue weighted by molar-refractivity contribution is 5.33. The number of nitrogens with two attached hydrogens (primary N) is 1. The van der Waals surface area contributed by atoms with Crippen LogP contribution in [0.5, 0.6) is 0 Å². The molecule has 1 unspecified atom stereocenters. The molecular weight excluding hydrogens is 174 g/mol. The largest absolute Gasteiger partial charge is 0.377 e. The summed E-state index contributed by atoms with van der Waals surface area (Å²) in [7, 11) is 1.71. The molecule has 1 aromatic carbocycles. The predicted molar refractivity (Wildman–Crippen MR) is 59.1 cm³/mol. The second-order valence-electron chi connectivity index (χ2n) is 4.19. The minimum atomic E-state index is -0.316. The Hall–Kier alpha value is -0.860. The van der Waals surface area contributed by atoms with E-state index in [4.69, 9.17) is 10.5 Å². The van der Waals surface area contributed by atoms with Gasteiger partial charge in [0.25, 0.3) is 0 Å². The van der Waals surface area contributed by atoms with Crippen molar-refractivity contribution in [3.63, 3.8) is 0 Å². The number of ether oxygens (including phenoxy) is 1. The molecule has 0 saturated heterocycles. The summed E-state index contributed by atoms with van der Waals surface area (Å²) in [5, 5.41) is 0. The molecule has 2 N–H and O–H groups in total. The van der Waals surface area contributed by atoms with Crippen LogP contribution >= 0.6 is 0 Å². The van der Waals surface area contributed by atoms with Crippen molar-refractivity contribution < 1.29 is 4.74 Å². The Balaban J connectivity index is 3.16. The first-order valence-electron chi connectivity index (χ1n) is 4.88. The van der Waals surface area contributed by atoms with Gasteiger partial charge in [-0.3, -0.25) is 0 Å². The second kappa shape index (κ2) is 4.11. The third-order valence-electron chi connectivity index (χ3n) is 2.45. The van der Waals surface area contributed by atoms with E-state index in [1.807, 2.05) is 32.9 Å². The van der Waals surface area contributed by atoms with Crippen LogP contribution in [0.3, 0.4) is 0 Å². The van der Waals surface area contributed by atoms with Crippen LogP contribution in [0, 0.1) is 0 Å². The number of rotatable bonds is 3. The van der Waals surface area contributed by atoms with Crippen molar-refractivity contribution in [2.45, 2.75) is 32.4 Å². The minimum absolute atomic E-state index is 0.0917. The average molecular weight is 193 g/mol. The van der Waals surface area contributed by atoms with Crippen LogP contribution in [0.1, 0.15) is 38.0 Å². The third kappa shape index (κ3) is 2.34. The fraction of sp³-hybridized carbons (Fsp3) is 0.500. The maximum Gasteiger partial charge on any atom is 0.0796 e. The van der Waals surface area contributed by atoms with E-state index in [0.717, 1.165) is 5.56 Å². The van der Waals surface area contributed by atoms with E-state index in [9.17, 15) is 0 Å². The standard InChI is InChI=1S/C12H19NO/c1-9(14-4)10-7-5-6-8-11(10)12(2,3)13/h5-9H,13H2,1-4H3. The predicted octanol–water partition coefficient (Wildman–Crippen LogP) is 2.59. The maximum absolute atomic E-state index is 6.09. The van der Waals surface area contributed by atoms with Gasteiger partial charge in [0.15, 0.2) is 0 Å². The first-order valence-corrected chi connectivity index (χ1v) is 4.88. The zero-order valence-corrected chi connectivity index (χ0v) is 9.37. The summed E-state index contributed by atoms with van der Waals surface area (Å²) in [5.41, 5.74) is 8.09. The van der Waals surface area contributed by atoms with Crippen molar-refractivity contribution in [2.75, 3.05) is 7.11 Å². The molecule has 78 valence electrons. The monoisotopic (exact) mass is 193 g/mol. The smallest absolute Gasteiger partial charge is 0.0796 e. The quantitative estimate of drug-likeness (QED) is 0.800. The van der Waals surface area contributed by atoms with Gasteiger partial charge in [-0.15, -0.1) is 0 Å². The highest BCUT2D eigenvalue weighted by Crippen LogP contribution is 2.27. The van der Waals surface area contributed by atoms with Gasteiger partial charge in [-0.1, -0.05) is 24.3 Å². The maximum atomic E-state index is 6.09. The molecule has 2 heteroatoms. The van der Waals surface area contributed by atoms with E-state index in [-0.39, 0.29) is 11.6 Å². The van der Waals surface area contributed by atoms with Gasteiger partial charge in [0, 0.05) is 12.6 Å². The van der Waals surface area contributed by atoms with Crippen molar-refractivity contribution in [3.8, 4) is 0 Å². The molecule has 0 radical (unpaired) electrons. The molecule has 0 aliphatic rings. The molecule has 0 fully saturated rings. The van der Waals surface area contributed by atoms with Gasteiger partial charge in [0.1, 0.15) is 0 Å². The van der Waals surface area contributed by atoms with E-state index in [1.54, 1.807) is 7.11 Å². The summed E-state index contributed by atoms with van der Waals surface area (Å²) in [6.07, 6.45) is 0.0917. The number of methoxy groups -OCH3 is 1. The fourth-order valence-corrected chi connectivity index (χ4v) is 1.57. The third-order valence-corrected chi connectivity index (χ3v) is 2.45. The van der Waals surface area contributed by atoms with E-state index >= 15 is 0 Å². The summed E-state index contributed by atoms with van der Waals surface area (Å²) in [6, 6.07) is 8.15. The number of benzene rings is 1. The first-order chi connectivity index (χ1) is 6.46. The molecular formula is C12H19NO. The van der Waals surface area contributed by atoms with Gasteiger partial charge in [-0.25, -0.2) is 0 Å². The molecule has 0 bridgehead atoms. The SMILES string of the molecule is COC(C)c1ccccc1C(C)(C)N. The Bertz CT molecular complexity index is 301. The Kier molecular flexibility index (Phi) is 3.29. The lowest BCUT2D eigenvalue weighted by atomic mass is 9.89. The molecule has 0 amide bonds. The molecule has 1 rings (SSSR count). The Morgan fingerprint density at radius 2 is 1.86 bits per heavy atom. The van der Waals surface area contributed by atoms with Gasteiger partial charge in [-0.2, -0.15) is 0 Å². The van der Waals surface area contributed by atoms with Gasteiger partial charge < -0.3 is 10.5 Å². The number of hydrogen-bond acceptors (Lipinski definition) is 2. The van der Waals surface area contributed by atoms with Crippen LogP contribution in [0.15, 0.2) is 24.3 Å². The molecule has 1 atom stereocenters. The lowest BCUT2D eigenvalue weighted by molar-refractivity contribution is 0.118. The second-order valence-corrected chi connectivity index (χ2v) is 4.19. The lowest BCUT2D eigenvalue weighted by Gasteiger charge is -2.25. The molecule has 0 aliphatic heterocycles. The number of hydrogen-bond donors (Lipinski definition) is 1. The molecule has 0 spiro atoms.